The highest BCUT2D eigenvalue weighted by atomic mass is 35.5. The van der Waals surface area contributed by atoms with Gasteiger partial charge in [0.05, 0.1) is 0 Å². The second kappa shape index (κ2) is 6.89. The van der Waals surface area contributed by atoms with Gasteiger partial charge in [-0.2, -0.15) is 4.98 Å². The maximum absolute atomic E-state index is 12.3. The van der Waals surface area contributed by atoms with Gasteiger partial charge in [0.15, 0.2) is 0 Å². The molecule has 1 fully saturated rings. The van der Waals surface area contributed by atoms with Crippen LogP contribution in [0.5, 0.6) is 0 Å². The van der Waals surface area contributed by atoms with E-state index in [9.17, 15) is 4.79 Å². The lowest BCUT2D eigenvalue weighted by Crippen LogP contribution is -2.41. The average molecular weight is 354 g/mol. The first-order valence-electron chi connectivity index (χ1n) is 7.60. The summed E-state index contributed by atoms with van der Waals surface area (Å²) in [4.78, 5) is 18.5. The van der Waals surface area contributed by atoms with E-state index in [4.69, 9.17) is 27.7 Å². The topological polar surface area (TPSA) is 59.2 Å². The standard InChI is InChI=1S/C16H17Cl2N3O2/c1-10(17)16(22)21-9-3-2-4-13(21)15-19-14(20-23-15)11-5-7-12(18)8-6-11/h5-8,10,13H,2-4,9H2,1H3/t10-,13-/m0/s1. The van der Waals surface area contributed by atoms with Gasteiger partial charge < -0.3 is 9.42 Å². The second-order valence-electron chi connectivity index (χ2n) is 5.62. The molecule has 1 saturated heterocycles. The number of hydrogen-bond acceptors (Lipinski definition) is 4. The minimum Gasteiger partial charge on any atom is -0.337 e. The van der Waals surface area contributed by atoms with Crippen LogP contribution in [0.2, 0.25) is 5.02 Å². The number of carbonyl (C=O) groups is 1. The summed E-state index contributed by atoms with van der Waals surface area (Å²) in [5, 5.41) is 4.12. The molecule has 122 valence electrons. The molecule has 23 heavy (non-hydrogen) atoms. The summed E-state index contributed by atoms with van der Waals surface area (Å²) in [5.41, 5.74) is 0.823. The van der Waals surface area contributed by atoms with E-state index in [1.807, 2.05) is 12.1 Å². The Balaban J connectivity index is 1.85. The molecule has 1 aliphatic rings. The van der Waals surface area contributed by atoms with E-state index in [0.717, 1.165) is 24.8 Å². The van der Waals surface area contributed by atoms with Gasteiger partial charge in [0.25, 0.3) is 0 Å². The third kappa shape index (κ3) is 3.51. The Morgan fingerprint density at radius 2 is 2.09 bits per heavy atom. The summed E-state index contributed by atoms with van der Waals surface area (Å²) in [6.45, 7) is 2.35. The lowest BCUT2D eigenvalue weighted by atomic mass is 10.0. The molecular weight excluding hydrogens is 337 g/mol. The molecule has 0 radical (unpaired) electrons. The molecule has 0 N–H and O–H groups in total. The van der Waals surface area contributed by atoms with E-state index in [-0.39, 0.29) is 11.9 Å². The molecule has 2 atom stereocenters. The summed E-state index contributed by atoms with van der Waals surface area (Å²) < 4.78 is 5.42. The minimum absolute atomic E-state index is 0.0948. The van der Waals surface area contributed by atoms with Gasteiger partial charge in [0.2, 0.25) is 17.6 Å². The van der Waals surface area contributed by atoms with Crippen molar-refractivity contribution < 1.29 is 9.32 Å². The largest absolute Gasteiger partial charge is 0.337 e. The maximum Gasteiger partial charge on any atom is 0.249 e. The van der Waals surface area contributed by atoms with Crippen LogP contribution in [0.3, 0.4) is 0 Å². The Morgan fingerprint density at radius 1 is 1.35 bits per heavy atom. The lowest BCUT2D eigenvalue weighted by molar-refractivity contribution is -0.135. The first-order chi connectivity index (χ1) is 11.1. The van der Waals surface area contributed by atoms with Crippen LogP contribution >= 0.6 is 23.2 Å². The van der Waals surface area contributed by atoms with Crippen molar-refractivity contribution in [1.82, 2.24) is 15.0 Å². The van der Waals surface area contributed by atoms with Crippen molar-refractivity contribution in [2.75, 3.05) is 6.54 Å². The number of aromatic nitrogens is 2. The highest BCUT2D eigenvalue weighted by Crippen LogP contribution is 2.32. The quantitative estimate of drug-likeness (QED) is 0.780. The Bertz CT molecular complexity index is 685. The molecule has 1 aliphatic heterocycles. The molecule has 0 spiro atoms. The molecule has 7 heteroatoms. The van der Waals surface area contributed by atoms with Gasteiger partial charge in [-0.15, -0.1) is 11.6 Å². The molecule has 1 aromatic carbocycles. The van der Waals surface area contributed by atoms with Crippen LogP contribution in [0.15, 0.2) is 28.8 Å². The molecular formula is C16H17Cl2N3O2. The normalized spacial score (nSPS) is 19.6. The Kier molecular flexibility index (Phi) is 4.87. The third-order valence-corrected chi connectivity index (χ3v) is 4.39. The van der Waals surface area contributed by atoms with Crippen LogP contribution in [-0.4, -0.2) is 32.9 Å². The van der Waals surface area contributed by atoms with Crippen molar-refractivity contribution in [1.29, 1.82) is 0 Å². The number of amides is 1. The van der Waals surface area contributed by atoms with Gasteiger partial charge in [-0.25, -0.2) is 0 Å². The highest BCUT2D eigenvalue weighted by Gasteiger charge is 2.33. The molecule has 3 rings (SSSR count). The summed E-state index contributed by atoms with van der Waals surface area (Å²) in [6, 6.07) is 7.02. The fraction of sp³-hybridized carbons (Fsp3) is 0.438. The van der Waals surface area contributed by atoms with Crippen molar-refractivity contribution in [2.45, 2.75) is 37.6 Å². The molecule has 2 heterocycles. The van der Waals surface area contributed by atoms with E-state index >= 15 is 0 Å². The summed E-state index contributed by atoms with van der Waals surface area (Å²) >= 11 is 11.8. The van der Waals surface area contributed by atoms with Gasteiger partial charge >= 0.3 is 0 Å². The van der Waals surface area contributed by atoms with Crippen LogP contribution in [0.1, 0.15) is 38.1 Å². The number of piperidine rings is 1. The number of benzene rings is 1. The van der Waals surface area contributed by atoms with Crippen LogP contribution in [0.25, 0.3) is 11.4 Å². The lowest BCUT2D eigenvalue weighted by Gasteiger charge is -2.34. The smallest absolute Gasteiger partial charge is 0.249 e. The maximum atomic E-state index is 12.3. The Labute approximate surface area is 144 Å². The molecule has 0 aliphatic carbocycles. The second-order valence-corrected chi connectivity index (χ2v) is 6.71. The monoisotopic (exact) mass is 353 g/mol. The van der Waals surface area contributed by atoms with Crippen molar-refractivity contribution in [2.24, 2.45) is 0 Å². The minimum atomic E-state index is -0.561. The number of halogens is 2. The molecule has 0 saturated carbocycles. The van der Waals surface area contributed by atoms with Crippen molar-refractivity contribution in [3.8, 4) is 11.4 Å². The summed E-state index contributed by atoms with van der Waals surface area (Å²) in [6.07, 6.45) is 2.78. The number of rotatable bonds is 3. The number of nitrogens with zero attached hydrogens (tertiary/aromatic N) is 3. The SMILES string of the molecule is C[C@H](Cl)C(=O)N1CCCC[C@H]1c1nc(-c2ccc(Cl)cc2)no1. The van der Waals surface area contributed by atoms with E-state index in [1.165, 1.54) is 0 Å². The fourth-order valence-corrected chi connectivity index (χ4v) is 3.02. The highest BCUT2D eigenvalue weighted by molar-refractivity contribution is 6.30. The number of carbonyl (C=O) groups excluding carboxylic acids is 1. The summed E-state index contributed by atoms with van der Waals surface area (Å²) in [5.74, 6) is 0.858. The van der Waals surface area contributed by atoms with Gasteiger partial charge in [0.1, 0.15) is 11.4 Å². The van der Waals surface area contributed by atoms with E-state index in [2.05, 4.69) is 10.1 Å². The first kappa shape index (κ1) is 16.3. The molecule has 1 aromatic heterocycles. The van der Waals surface area contributed by atoms with Crippen LogP contribution in [0.4, 0.5) is 0 Å². The van der Waals surface area contributed by atoms with Gasteiger partial charge in [-0.3, -0.25) is 4.79 Å². The first-order valence-corrected chi connectivity index (χ1v) is 8.42. The molecule has 0 unspecified atom stereocenters. The Morgan fingerprint density at radius 3 is 2.78 bits per heavy atom. The number of alkyl halides is 1. The van der Waals surface area contributed by atoms with Crippen molar-refractivity contribution >= 4 is 29.1 Å². The third-order valence-electron chi connectivity index (χ3n) is 3.96. The predicted octanol–water partition coefficient (Wildman–Crippen LogP) is 4.07. The fourth-order valence-electron chi connectivity index (χ4n) is 2.77. The number of likely N-dealkylation sites (tertiary alicyclic amines) is 1. The van der Waals surface area contributed by atoms with Gasteiger partial charge in [-0.1, -0.05) is 16.8 Å². The summed E-state index contributed by atoms with van der Waals surface area (Å²) in [7, 11) is 0. The van der Waals surface area contributed by atoms with Gasteiger partial charge in [0, 0.05) is 17.1 Å². The van der Waals surface area contributed by atoms with E-state index in [0.29, 0.717) is 23.3 Å². The molecule has 2 aromatic rings. The van der Waals surface area contributed by atoms with Crippen LogP contribution < -0.4 is 0 Å². The zero-order valence-corrected chi connectivity index (χ0v) is 14.2. The van der Waals surface area contributed by atoms with Crippen molar-refractivity contribution in [3.63, 3.8) is 0 Å². The zero-order valence-electron chi connectivity index (χ0n) is 12.7. The van der Waals surface area contributed by atoms with Gasteiger partial charge in [-0.05, 0) is 50.5 Å². The molecule has 1 amide bonds. The molecule has 5 nitrogen and oxygen atoms in total. The predicted molar refractivity (Wildman–Crippen MR) is 88.4 cm³/mol. The zero-order chi connectivity index (χ0) is 16.4. The Hall–Kier alpha value is -1.59. The molecule has 0 bridgehead atoms. The van der Waals surface area contributed by atoms with E-state index < -0.39 is 5.38 Å². The average Bonchev–Trinajstić information content (AvgIpc) is 3.04. The number of hydrogen-bond donors (Lipinski definition) is 0. The van der Waals surface area contributed by atoms with Crippen LogP contribution in [0, 0.1) is 0 Å². The van der Waals surface area contributed by atoms with Crippen molar-refractivity contribution in [3.05, 3.63) is 35.2 Å². The van der Waals surface area contributed by atoms with Crippen LogP contribution in [-0.2, 0) is 4.79 Å². The van der Waals surface area contributed by atoms with E-state index in [1.54, 1.807) is 24.0 Å².